The monoisotopic (exact) mass is 255 g/mol. The van der Waals surface area contributed by atoms with Crippen molar-refractivity contribution in [3.8, 4) is 0 Å². The molecule has 0 saturated heterocycles. The maximum atomic E-state index is 13.0. The second-order valence-electron chi connectivity index (χ2n) is 4.77. The third-order valence-corrected chi connectivity index (χ3v) is 3.91. The molecule has 17 heavy (non-hydrogen) atoms. The van der Waals surface area contributed by atoms with Crippen LogP contribution in [0.1, 0.15) is 37.7 Å². The number of nitrogens with one attached hydrogen (secondary N) is 1. The first-order chi connectivity index (χ1) is 8.25. The zero-order valence-electron chi connectivity index (χ0n) is 9.96. The summed E-state index contributed by atoms with van der Waals surface area (Å²) in [4.78, 5) is 0. The van der Waals surface area contributed by atoms with Crippen LogP contribution in [0, 0.1) is 5.82 Å². The summed E-state index contributed by atoms with van der Waals surface area (Å²) in [6, 6.07) is 7.10. The minimum Gasteiger partial charge on any atom is -0.308 e. The maximum Gasteiger partial charge on any atom is 0.123 e. The van der Waals surface area contributed by atoms with Gasteiger partial charge >= 0.3 is 0 Å². The van der Waals surface area contributed by atoms with Crippen LogP contribution in [-0.4, -0.2) is 11.4 Å². The second-order valence-corrected chi connectivity index (χ2v) is 5.33. The van der Waals surface area contributed by atoms with Crippen LogP contribution in [0.4, 0.5) is 4.39 Å². The molecule has 0 amide bonds. The third-order valence-electron chi connectivity index (χ3n) is 3.39. The Labute approximate surface area is 107 Å². The van der Waals surface area contributed by atoms with Gasteiger partial charge in [-0.3, -0.25) is 0 Å². The van der Waals surface area contributed by atoms with Crippen molar-refractivity contribution in [1.82, 2.24) is 5.32 Å². The van der Waals surface area contributed by atoms with E-state index in [2.05, 4.69) is 5.32 Å². The molecule has 1 aliphatic rings. The topological polar surface area (TPSA) is 12.0 Å². The summed E-state index contributed by atoms with van der Waals surface area (Å²) >= 11 is 6.35. The van der Waals surface area contributed by atoms with Crippen LogP contribution in [0.2, 0.25) is 0 Å². The zero-order chi connectivity index (χ0) is 12.1. The van der Waals surface area contributed by atoms with Crippen molar-refractivity contribution in [2.24, 2.45) is 0 Å². The Hall–Kier alpha value is -0.600. The third kappa shape index (κ3) is 3.97. The van der Waals surface area contributed by atoms with Gasteiger partial charge < -0.3 is 5.32 Å². The van der Waals surface area contributed by atoms with Crippen LogP contribution in [0.3, 0.4) is 0 Å². The van der Waals surface area contributed by atoms with Gasteiger partial charge in [0.25, 0.3) is 0 Å². The Morgan fingerprint density at radius 1 is 1.24 bits per heavy atom. The molecule has 1 fully saturated rings. The Morgan fingerprint density at radius 2 is 2.06 bits per heavy atom. The van der Waals surface area contributed by atoms with Gasteiger partial charge in [0.1, 0.15) is 5.82 Å². The van der Waals surface area contributed by atoms with Gasteiger partial charge in [-0.15, -0.1) is 11.6 Å². The van der Waals surface area contributed by atoms with E-state index in [-0.39, 0.29) is 11.2 Å². The molecule has 1 N–H and O–H groups in total. The molecule has 2 unspecified atom stereocenters. The maximum absolute atomic E-state index is 13.0. The minimum atomic E-state index is -0.174. The molecule has 1 aromatic rings. The highest BCUT2D eigenvalue weighted by Gasteiger charge is 2.20. The van der Waals surface area contributed by atoms with Gasteiger partial charge in [-0.1, -0.05) is 31.4 Å². The minimum absolute atomic E-state index is 0.174. The first kappa shape index (κ1) is 12.8. The summed E-state index contributed by atoms with van der Waals surface area (Å²) in [5, 5.41) is 3.67. The highest BCUT2D eigenvalue weighted by Crippen LogP contribution is 2.22. The van der Waals surface area contributed by atoms with Gasteiger partial charge in [0.05, 0.1) is 0 Å². The molecule has 94 valence electrons. The van der Waals surface area contributed by atoms with Crippen molar-refractivity contribution in [1.29, 1.82) is 0 Å². The van der Waals surface area contributed by atoms with E-state index in [4.69, 9.17) is 11.6 Å². The highest BCUT2D eigenvalue weighted by molar-refractivity contribution is 6.21. The number of alkyl halides is 1. The lowest BCUT2D eigenvalue weighted by molar-refractivity contribution is 0.464. The van der Waals surface area contributed by atoms with E-state index in [1.165, 1.54) is 25.3 Å². The van der Waals surface area contributed by atoms with E-state index in [1.54, 1.807) is 12.1 Å². The average Bonchev–Trinajstić information content (AvgIpc) is 2.52. The van der Waals surface area contributed by atoms with Crippen LogP contribution in [0.5, 0.6) is 0 Å². The molecule has 1 nitrogen and oxygen atoms in total. The second kappa shape index (κ2) is 6.36. The van der Waals surface area contributed by atoms with Crippen LogP contribution in [0.25, 0.3) is 0 Å². The van der Waals surface area contributed by atoms with Gasteiger partial charge in [0, 0.05) is 18.0 Å². The van der Waals surface area contributed by atoms with Crippen molar-refractivity contribution in [2.75, 3.05) is 0 Å². The van der Waals surface area contributed by atoms with Gasteiger partial charge in [0.2, 0.25) is 0 Å². The normalized spacial score (nSPS) is 25.5. The van der Waals surface area contributed by atoms with Crippen LogP contribution in [-0.2, 0) is 6.54 Å². The summed E-state index contributed by atoms with van der Waals surface area (Å²) in [5.74, 6) is -0.174. The Morgan fingerprint density at radius 3 is 2.88 bits per heavy atom. The fourth-order valence-electron chi connectivity index (χ4n) is 2.39. The lowest BCUT2D eigenvalue weighted by Crippen LogP contribution is -2.35. The van der Waals surface area contributed by atoms with Crippen LogP contribution in [0.15, 0.2) is 24.3 Å². The number of halogens is 2. The predicted octanol–water partition coefficient (Wildman–Crippen LogP) is 3.86. The van der Waals surface area contributed by atoms with E-state index in [0.29, 0.717) is 12.6 Å². The smallest absolute Gasteiger partial charge is 0.123 e. The molecule has 1 aromatic carbocycles. The van der Waals surface area contributed by atoms with Gasteiger partial charge in [-0.25, -0.2) is 4.39 Å². The van der Waals surface area contributed by atoms with E-state index in [0.717, 1.165) is 18.4 Å². The molecule has 0 radical (unpaired) electrons. The van der Waals surface area contributed by atoms with Crippen molar-refractivity contribution >= 4 is 11.6 Å². The van der Waals surface area contributed by atoms with Crippen LogP contribution < -0.4 is 5.32 Å². The molecular formula is C14H19ClFN. The Kier molecular flexibility index (Phi) is 4.81. The number of rotatable bonds is 3. The summed E-state index contributed by atoms with van der Waals surface area (Å²) < 4.78 is 13.0. The predicted molar refractivity (Wildman–Crippen MR) is 69.8 cm³/mol. The van der Waals surface area contributed by atoms with Crippen molar-refractivity contribution in [3.63, 3.8) is 0 Å². The summed E-state index contributed by atoms with van der Waals surface area (Å²) in [5.41, 5.74) is 0.984. The molecular weight excluding hydrogens is 237 g/mol. The molecule has 3 heteroatoms. The first-order valence-corrected chi connectivity index (χ1v) is 6.81. The van der Waals surface area contributed by atoms with Gasteiger partial charge in [-0.2, -0.15) is 0 Å². The average molecular weight is 256 g/mol. The molecule has 1 saturated carbocycles. The Balaban J connectivity index is 1.88. The van der Waals surface area contributed by atoms with Crippen LogP contribution >= 0.6 is 11.6 Å². The van der Waals surface area contributed by atoms with Gasteiger partial charge in [0.15, 0.2) is 0 Å². The molecule has 0 spiro atoms. The molecule has 2 rings (SSSR count). The van der Waals surface area contributed by atoms with E-state index < -0.39 is 0 Å². The summed E-state index contributed by atoms with van der Waals surface area (Å²) in [6.07, 6.45) is 5.96. The van der Waals surface area contributed by atoms with Crippen molar-refractivity contribution < 1.29 is 4.39 Å². The highest BCUT2D eigenvalue weighted by atomic mass is 35.5. The quantitative estimate of drug-likeness (QED) is 0.639. The molecule has 0 bridgehead atoms. The van der Waals surface area contributed by atoms with Crippen molar-refractivity contribution in [3.05, 3.63) is 35.6 Å². The molecule has 0 heterocycles. The lowest BCUT2D eigenvalue weighted by Gasteiger charge is -2.21. The first-order valence-electron chi connectivity index (χ1n) is 6.37. The zero-order valence-corrected chi connectivity index (χ0v) is 10.7. The molecule has 1 aliphatic carbocycles. The van der Waals surface area contributed by atoms with E-state index >= 15 is 0 Å². The van der Waals surface area contributed by atoms with Gasteiger partial charge in [-0.05, 0) is 30.5 Å². The molecule has 0 aromatic heterocycles. The number of benzene rings is 1. The van der Waals surface area contributed by atoms with E-state index in [9.17, 15) is 4.39 Å². The SMILES string of the molecule is Fc1cccc(CNC2CCCCCC2Cl)c1. The fourth-order valence-corrected chi connectivity index (χ4v) is 2.76. The largest absolute Gasteiger partial charge is 0.308 e. The van der Waals surface area contributed by atoms with Crippen molar-refractivity contribution in [2.45, 2.75) is 50.1 Å². The molecule has 0 aliphatic heterocycles. The Bertz CT molecular complexity index is 356. The number of hydrogen-bond acceptors (Lipinski definition) is 1. The fraction of sp³-hybridized carbons (Fsp3) is 0.571. The lowest BCUT2D eigenvalue weighted by atomic mass is 10.1. The molecule has 2 atom stereocenters. The standard InChI is InChI=1S/C14H19ClFN/c15-13-7-2-1-3-8-14(13)17-10-11-5-4-6-12(16)9-11/h4-6,9,13-14,17H,1-3,7-8,10H2. The number of hydrogen-bond donors (Lipinski definition) is 1. The van der Waals surface area contributed by atoms with E-state index in [1.807, 2.05) is 6.07 Å². The summed E-state index contributed by atoms with van der Waals surface area (Å²) in [6.45, 7) is 0.700. The summed E-state index contributed by atoms with van der Waals surface area (Å²) in [7, 11) is 0.